The molecule has 1 saturated heterocycles. The predicted molar refractivity (Wildman–Crippen MR) is 126 cm³/mol. The third-order valence-electron chi connectivity index (χ3n) is 5.79. The molecule has 4 rings (SSSR count). The van der Waals surface area contributed by atoms with Crippen LogP contribution in [0, 0.1) is 5.82 Å². The molecule has 1 unspecified atom stereocenters. The van der Waals surface area contributed by atoms with Crippen molar-refractivity contribution in [2.45, 2.75) is 36.6 Å². The molecule has 11 heteroatoms. The fraction of sp³-hybridized carbons (Fsp3) is 0.269. The Morgan fingerprint density at radius 2 is 1.78 bits per heavy atom. The minimum absolute atomic E-state index is 0.105. The number of ether oxygens (including phenoxy) is 1. The van der Waals surface area contributed by atoms with E-state index in [0.717, 1.165) is 37.1 Å². The van der Waals surface area contributed by atoms with Crippen LogP contribution in [0.25, 0.3) is 0 Å². The summed E-state index contributed by atoms with van der Waals surface area (Å²) in [6, 6.07) is 14.4. The predicted octanol–water partition coefficient (Wildman–Crippen LogP) is 5.43. The fourth-order valence-electron chi connectivity index (χ4n) is 3.97. The number of amides is 1. The normalized spacial score (nSPS) is 15.9. The highest BCUT2D eigenvalue weighted by atomic mass is 32.2. The van der Waals surface area contributed by atoms with E-state index in [1.807, 2.05) is 0 Å². The van der Waals surface area contributed by atoms with Crippen molar-refractivity contribution in [3.8, 4) is 5.75 Å². The van der Waals surface area contributed by atoms with Gasteiger partial charge in [-0.1, -0.05) is 30.3 Å². The van der Waals surface area contributed by atoms with Crippen molar-refractivity contribution in [2.24, 2.45) is 0 Å². The monoisotopic (exact) mass is 537 g/mol. The summed E-state index contributed by atoms with van der Waals surface area (Å²) in [5, 5.41) is 0. The first kappa shape index (κ1) is 26.6. The Kier molecular flexibility index (Phi) is 7.84. The molecule has 1 amide bonds. The van der Waals surface area contributed by atoms with Gasteiger partial charge in [-0.3, -0.25) is 4.79 Å². The van der Waals surface area contributed by atoms with Gasteiger partial charge in [0.25, 0.3) is 5.91 Å². The van der Waals surface area contributed by atoms with Crippen molar-refractivity contribution in [3.63, 3.8) is 0 Å². The van der Waals surface area contributed by atoms with Crippen LogP contribution in [0.4, 0.5) is 17.6 Å². The first-order valence-electron chi connectivity index (χ1n) is 11.4. The molecule has 6 nitrogen and oxygen atoms in total. The molecule has 196 valence electrons. The van der Waals surface area contributed by atoms with Crippen LogP contribution < -0.4 is 4.18 Å². The zero-order valence-corrected chi connectivity index (χ0v) is 20.3. The molecule has 1 aliphatic rings. The maximum Gasteiger partial charge on any atom is 0.416 e. The van der Waals surface area contributed by atoms with Gasteiger partial charge in [0.15, 0.2) is 0 Å². The van der Waals surface area contributed by atoms with E-state index in [1.165, 1.54) is 35.2 Å². The number of carbonyl (C=O) groups excluding carboxylic acids is 1. The molecule has 0 saturated carbocycles. The number of alkyl halides is 3. The van der Waals surface area contributed by atoms with Gasteiger partial charge < -0.3 is 13.8 Å². The minimum Gasteiger partial charge on any atom is -0.379 e. The van der Waals surface area contributed by atoms with Crippen LogP contribution in [0.2, 0.25) is 0 Å². The number of nitrogens with zero attached hydrogens (tertiary/aromatic N) is 1. The molecule has 1 fully saturated rings. The Bertz CT molecular complexity index is 1370. The lowest BCUT2D eigenvalue weighted by Gasteiger charge is -2.26. The van der Waals surface area contributed by atoms with Gasteiger partial charge in [0.05, 0.1) is 11.7 Å². The molecular weight excluding hydrogens is 514 g/mol. The van der Waals surface area contributed by atoms with E-state index in [0.29, 0.717) is 18.2 Å². The number of para-hydroxylation sites is 1. The van der Waals surface area contributed by atoms with Crippen LogP contribution in [0.15, 0.2) is 77.7 Å². The fourth-order valence-corrected chi connectivity index (χ4v) is 4.98. The van der Waals surface area contributed by atoms with Crippen molar-refractivity contribution in [1.82, 2.24) is 4.90 Å². The average Bonchev–Trinajstić information content (AvgIpc) is 3.37. The van der Waals surface area contributed by atoms with E-state index in [4.69, 9.17) is 8.92 Å². The van der Waals surface area contributed by atoms with E-state index >= 15 is 0 Å². The van der Waals surface area contributed by atoms with Crippen LogP contribution in [0.5, 0.6) is 5.75 Å². The molecule has 3 aromatic carbocycles. The van der Waals surface area contributed by atoms with E-state index in [2.05, 4.69) is 0 Å². The molecule has 1 aliphatic heterocycles. The Morgan fingerprint density at radius 1 is 1.03 bits per heavy atom. The van der Waals surface area contributed by atoms with E-state index < -0.39 is 38.5 Å². The maximum absolute atomic E-state index is 13.8. The summed E-state index contributed by atoms with van der Waals surface area (Å²) in [7, 11) is -4.63. The van der Waals surface area contributed by atoms with Crippen LogP contribution in [-0.4, -0.2) is 38.5 Å². The first-order valence-corrected chi connectivity index (χ1v) is 12.8. The molecule has 0 spiro atoms. The maximum atomic E-state index is 13.8. The SMILES string of the molecule is O=C(c1cccc(F)c1)N(Cc1ccccc1OS(=O)(=O)c1cccc(C(F)(F)F)c1)CC1CCCO1. The van der Waals surface area contributed by atoms with Crippen molar-refractivity contribution >= 4 is 16.0 Å². The second-order valence-electron chi connectivity index (χ2n) is 8.50. The first-order chi connectivity index (χ1) is 17.5. The van der Waals surface area contributed by atoms with Gasteiger partial charge in [0.1, 0.15) is 16.5 Å². The lowest BCUT2D eigenvalue weighted by atomic mass is 10.1. The second kappa shape index (κ2) is 10.9. The standard InChI is InChI=1S/C26H23F4NO5S/c27-21-9-3-7-18(14-21)25(32)31(17-22-10-5-13-35-22)16-19-6-1-2-12-24(19)36-37(33,34)23-11-4-8-20(15-23)26(28,29)30/h1-4,6-9,11-12,14-15,22H,5,10,13,16-17H2. The summed E-state index contributed by atoms with van der Waals surface area (Å²) in [6.07, 6.45) is -3.44. The third kappa shape index (κ3) is 6.66. The summed E-state index contributed by atoms with van der Waals surface area (Å²) in [5.74, 6) is -1.23. The third-order valence-corrected chi connectivity index (χ3v) is 7.02. The second-order valence-corrected chi connectivity index (χ2v) is 10.0. The molecule has 3 aromatic rings. The van der Waals surface area contributed by atoms with Gasteiger partial charge in [0, 0.05) is 30.8 Å². The molecule has 0 bridgehead atoms. The zero-order chi connectivity index (χ0) is 26.6. The van der Waals surface area contributed by atoms with Crippen molar-refractivity contribution in [3.05, 3.63) is 95.3 Å². The number of carbonyl (C=O) groups is 1. The highest BCUT2D eigenvalue weighted by molar-refractivity contribution is 7.87. The summed E-state index contributed by atoms with van der Waals surface area (Å²) in [4.78, 5) is 14.0. The van der Waals surface area contributed by atoms with E-state index in [9.17, 15) is 30.8 Å². The van der Waals surface area contributed by atoms with Gasteiger partial charge in [-0.05, 0) is 55.3 Å². The van der Waals surface area contributed by atoms with Crippen LogP contribution >= 0.6 is 0 Å². The summed E-state index contributed by atoms with van der Waals surface area (Å²) >= 11 is 0. The lowest BCUT2D eigenvalue weighted by molar-refractivity contribution is -0.137. The zero-order valence-electron chi connectivity index (χ0n) is 19.4. The summed E-state index contributed by atoms with van der Waals surface area (Å²) < 4.78 is 89.7. The van der Waals surface area contributed by atoms with Crippen molar-refractivity contribution < 1.29 is 39.7 Å². The number of rotatable bonds is 8. The smallest absolute Gasteiger partial charge is 0.379 e. The number of hydrogen-bond acceptors (Lipinski definition) is 5. The molecule has 1 atom stereocenters. The molecule has 0 N–H and O–H groups in total. The number of hydrogen-bond donors (Lipinski definition) is 0. The summed E-state index contributed by atoms with van der Waals surface area (Å²) in [6.45, 7) is 0.606. The van der Waals surface area contributed by atoms with Gasteiger partial charge in [-0.15, -0.1) is 0 Å². The van der Waals surface area contributed by atoms with Crippen molar-refractivity contribution in [2.75, 3.05) is 13.2 Å². The van der Waals surface area contributed by atoms with Gasteiger partial charge in [-0.2, -0.15) is 21.6 Å². The average molecular weight is 538 g/mol. The minimum atomic E-state index is -4.73. The molecule has 0 aliphatic carbocycles. The Morgan fingerprint density at radius 3 is 2.49 bits per heavy atom. The van der Waals surface area contributed by atoms with E-state index in [-0.39, 0.29) is 30.5 Å². The Balaban J connectivity index is 1.62. The quantitative estimate of drug-likeness (QED) is 0.283. The molecule has 0 radical (unpaired) electrons. The summed E-state index contributed by atoms with van der Waals surface area (Å²) in [5.41, 5.74) is -0.734. The molecule has 0 aromatic heterocycles. The number of halogens is 4. The lowest BCUT2D eigenvalue weighted by Crippen LogP contribution is -2.37. The highest BCUT2D eigenvalue weighted by Crippen LogP contribution is 2.32. The van der Waals surface area contributed by atoms with Crippen LogP contribution in [0.1, 0.15) is 34.3 Å². The molecular formula is C26H23F4NO5S. The van der Waals surface area contributed by atoms with Gasteiger partial charge in [-0.25, -0.2) is 4.39 Å². The topological polar surface area (TPSA) is 72.9 Å². The van der Waals surface area contributed by atoms with E-state index in [1.54, 1.807) is 12.1 Å². The van der Waals surface area contributed by atoms with Gasteiger partial charge in [0.2, 0.25) is 0 Å². The highest BCUT2D eigenvalue weighted by Gasteiger charge is 2.32. The Hall–Kier alpha value is -3.44. The van der Waals surface area contributed by atoms with Crippen LogP contribution in [0.3, 0.4) is 0 Å². The van der Waals surface area contributed by atoms with Crippen molar-refractivity contribution in [1.29, 1.82) is 0 Å². The van der Waals surface area contributed by atoms with Crippen LogP contribution in [-0.2, 0) is 27.6 Å². The number of benzene rings is 3. The van der Waals surface area contributed by atoms with Gasteiger partial charge >= 0.3 is 16.3 Å². The Labute approximate surface area is 211 Å². The molecule has 37 heavy (non-hydrogen) atoms. The largest absolute Gasteiger partial charge is 0.416 e. The molecule has 1 heterocycles.